The van der Waals surface area contributed by atoms with Crippen LogP contribution in [0.5, 0.6) is 0 Å². The van der Waals surface area contributed by atoms with E-state index in [0.717, 1.165) is 6.42 Å². The molecule has 1 atom stereocenters. The third-order valence-electron chi connectivity index (χ3n) is 2.99. The molecule has 0 spiro atoms. The van der Waals surface area contributed by atoms with Gasteiger partial charge in [-0.1, -0.05) is 0 Å². The molecule has 0 saturated carbocycles. The highest BCUT2D eigenvalue weighted by molar-refractivity contribution is 7.89. The summed E-state index contributed by atoms with van der Waals surface area (Å²) >= 11 is 0. The van der Waals surface area contributed by atoms with Gasteiger partial charge in [-0.2, -0.15) is 0 Å². The molecule has 1 unspecified atom stereocenters. The van der Waals surface area contributed by atoms with Crippen molar-refractivity contribution >= 4 is 15.8 Å². The van der Waals surface area contributed by atoms with Crippen LogP contribution in [0.15, 0.2) is 23.2 Å². The van der Waals surface area contributed by atoms with Gasteiger partial charge in [-0.25, -0.2) is 18.1 Å². The summed E-state index contributed by atoms with van der Waals surface area (Å²) in [5.41, 5.74) is 0. The van der Waals surface area contributed by atoms with Gasteiger partial charge in [0.1, 0.15) is 5.82 Å². The molecule has 1 saturated heterocycles. The molecule has 1 aromatic heterocycles. The van der Waals surface area contributed by atoms with Gasteiger partial charge in [0.2, 0.25) is 10.0 Å². The lowest BCUT2D eigenvalue weighted by atomic mass is 10.1. The molecule has 6 nitrogen and oxygen atoms in total. The first-order valence-corrected chi connectivity index (χ1v) is 7.87. The SMILES string of the molecule is CCNc1cc(S(=O)(=O)NCC2CCOC2)ccn1. The molecule has 0 amide bonds. The highest BCUT2D eigenvalue weighted by Crippen LogP contribution is 2.15. The summed E-state index contributed by atoms with van der Waals surface area (Å²) in [6.45, 7) is 4.39. The van der Waals surface area contributed by atoms with Gasteiger partial charge in [0.25, 0.3) is 0 Å². The predicted octanol–water partition coefficient (Wildman–Crippen LogP) is 0.828. The van der Waals surface area contributed by atoms with E-state index in [4.69, 9.17) is 4.74 Å². The van der Waals surface area contributed by atoms with E-state index in [9.17, 15) is 8.42 Å². The summed E-state index contributed by atoms with van der Waals surface area (Å²) in [4.78, 5) is 4.29. The first-order valence-electron chi connectivity index (χ1n) is 6.39. The van der Waals surface area contributed by atoms with Crippen LogP contribution in [0, 0.1) is 5.92 Å². The average Bonchev–Trinajstić information content (AvgIpc) is 2.90. The Balaban J connectivity index is 2.03. The third kappa shape index (κ3) is 3.89. The molecule has 1 aliphatic rings. The zero-order valence-corrected chi connectivity index (χ0v) is 11.7. The molecule has 1 aromatic rings. The second-order valence-electron chi connectivity index (χ2n) is 4.49. The van der Waals surface area contributed by atoms with Crippen molar-refractivity contribution < 1.29 is 13.2 Å². The van der Waals surface area contributed by atoms with Crippen LogP contribution in [0.4, 0.5) is 5.82 Å². The van der Waals surface area contributed by atoms with Crippen LogP contribution in [-0.4, -0.2) is 39.7 Å². The van der Waals surface area contributed by atoms with Crippen molar-refractivity contribution in [3.8, 4) is 0 Å². The van der Waals surface area contributed by atoms with E-state index < -0.39 is 10.0 Å². The number of pyridine rings is 1. The number of sulfonamides is 1. The van der Waals surface area contributed by atoms with Gasteiger partial charge in [0.15, 0.2) is 0 Å². The normalized spacial score (nSPS) is 19.5. The number of aromatic nitrogens is 1. The third-order valence-corrected chi connectivity index (χ3v) is 4.41. The van der Waals surface area contributed by atoms with Gasteiger partial charge in [-0.15, -0.1) is 0 Å². The van der Waals surface area contributed by atoms with Gasteiger partial charge < -0.3 is 10.1 Å². The van der Waals surface area contributed by atoms with Crippen LogP contribution in [-0.2, 0) is 14.8 Å². The zero-order chi connectivity index (χ0) is 13.7. The fourth-order valence-electron chi connectivity index (χ4n) is 1.91. The summed E-state index contributed by atoms with van der Waals surface area (Å²) in [5.74, 6) is 0.833. The van der Waals surface area contributed by atoms with Crippen molar-refractivity contribution in [3.63, 3.8) is 0 Å². The summed E-state index contributed by atoms with van der Waals surface area (Å²) in [6, 6.07) is 3.03. The molecule has 0 bridgehead atoms. The Morgan fingerprint density at radius 1 is 1.53 bits per heavy atom. The molecule has 2 N–H and O–H groups in total. The summed E-state index contributed by atoms with van der Waals surface area (Å²) in [6.07, 6.45) is 2.40. The second kappa shape index (κ2) is 6.31. The van der Waals surface area contributed by atoms with Crippen molar-refractivity contribution in [3.05, 3.63) is 18.3 Å². The minimum atomic E-state index is -3.47. The van der Waals surface area contributed by atoms with Crippen LogP contribution >= 0.6 is 0 Å². The number of nitrogens with zero attached hydrogens (tertiary/aromatic N) is 1. The molecule has 1 fully saturated rings. The molecule has 7 heteroatoms. The fourth-order valence-corrected chi connectivity index (χ4v) is 3.04. The molecule has 0 aromatic carbocycles. The minimum Gasteiger partial charge on any atom is -0.381 e. The van der Waals surface area contributed by atoms with Crippen molar-refractivity contribution in [2.75, 3.05) is 31.6 Å². The maximum atomic E-state index is 12.1. The van der Waals surface area contributed by atoms with Crippen molar-refractivity contribution in [2.45, 2.75) is 18.2 Å². The highest BCUT2D eigenvalue weighted by Gasteiger charge is 2.20. The molecular formula is C12H19N3O3S. The number of hydrogen-bond acceptors (Lipinski definition) is 5. The topological polar surface area (TPSA) is 80.3 Å². The van der Waals surface area contributed by atoms with Crippen molar-refractivity contribution in [1.82, 2.24) is 9.71 Å². The van der Waals surface area contributed by atoms with Gasteiger partial charge in [0, 0.05) is 32.0 Å². The van der Waals surface area contributed by atoms with E-state index in [0.29, 0.717) is 32.1 Å². The van der Waals surface area contributed by atoms with Crippen LogP contribution in [0.1, 0.15) is 13.3 Å². The number of anilines is 1. The van der Waals surface area contributed by atoms with Crippen LogP contribution in [0.25, 0.3) is 0 Å². The fraction of sp³-hybridized carbons (Fsp3) is 0.583. The number of rotatable bonds is 6. The smallest absolute Gasteiger partial charge is 0.240 e. The average molecular weight is 285 g/mol. The van der Waals surface area contributed by atoms with Crippen molar-refractivity contribution in [1.29, 1.82) is 0 Å². The quantitative estimate of drug-likeness (QED) is 0.809. The van der Waals surface area contributed by atoms with Crippen molar-refractivity contribution in [2.24, 2.45) is 5.92 Å². The minimum absolute atomic E-state index is 0.234. The van der Waals surface area contributed by atoms with Gasteiger partial charge in [-0.3, -0.25) is 0 Å². The van der Waals surface area contributed by atoms with Gasteiger partial charge >= 0.3 is 0 Å². The van der Waals surface area contributed by atoms with Crippen LogP contribution < -0.4 is 10.0 Å². The summed E-state index contributed by atoms with van der Waals surface area (Å²) in [5, 5.41) is 2.99. The molecule has 19 heavy (non-hydrogen) atoms. The van der Waals surface area contributed by atoms with E-state index in [-0.39, 0.29) is 10.8 Å². The Bertz CT molecular complexity index is 513. The monoisotopic (exact) mass is 285 g/mol. The first-order chi connectivity index (χ1) is 9.12. The Hall–Kier alpha value is -1.18. The zero-order valence-electron chi connectivity index (χ0n) is 10.9. The van der Waals surface area contributed by atoms with E-state index in [1.54, 1.807) is 0 Å². The largest absolute Gasteiger partial charge is 0.381 e. The summed E-state index contributed by atoms with van der Waals surface area (Å²) < 4.78 is 32.1. The maximum Gasteiger partial charge on any atom is 0.240 e. The lowest BCUT2D eigenvalue weighted by molar-refractivity contribution is 0.186. The number of hydrogen-bond donors (Lipinski definition) is 2. The number of nitrogens with one attached hydrogen (secondary N) is 2. The Labute approximate surface area is 113 Å². The molecular weight excluding hydrogens is 266 g/mol. The van der Waals surface area contributed by atoms with Crippen LogP contribution in [0.3, 0.4) is 0 Å². The van der Waals surface area contributed by atoms with E-state index >= 15 is 0 Å². The molecule has 106 valence electrons. The van der Waals surface area contributed by atoms with Gasteiger partial charge in [-0.05, 0) is 25.3 Å². The Kier molecular flexibility index (Phi) is 4.73. The highest BCUT2D eigenvalue weighted by atomic mass is 32.2. The van der Waals surface area contributed by atoms with E-state index in [1.165, 1.54) is 18.3 Å². The maximum absolute atomic E-state index is 12.1. The molecule has 1 aliphatic heterocycles. The molecule has 0 radical (unpaired) electrons. The standard InChI is InChI=1S/C12H19N3O3S/c1-2-13-12-7-11(3-5-14-12)19(16,17)15-8-10-4-6-18-9-10/h3,5,7,10,15H,2,4,6,8-9H2,1H3,(H,13,14). The Morgan fingerprint density at radius 3 is 3.05 bits per heavy atom. The second-order valence-corrected chi connectivity index (χ2v) is 6.26. The van der Waals surface area contributed by atoms with E-state index in [2.05, 4.69) is 15.0 Å². The Morgan fingerprint density at radius 2 is 2.37 bits per heavy atom. The predicted molar refractivity (Wildman–Crippen MR) is 72.5 cm³/mol. The lowest BCUT2D eigenvalue weighted by Gasteiger charge is -2.11. The van der Waals surface area contributed by atoms with E-state index in [1.807, 2.05) is 6.92 Å². The van der Waals surface area contributed by atoms with Crippen LogP contribution in [0.2, 0.25) is 0 Å². The van der Waals surface area contributed by atoms with Gasteiger partial charge in [0.05, 0.1) is 11.5 Å². The lowest BCUT2D eigenvalue weighted by Crippen LogP contribution is -2.29. The molecule has 2 rings (SSSR count). The summed E-state index contributed by atoms with van der Waals surface area (Å²) in [7, 11) is -3.47. The first kappa shape index (κ1) is 14.2. The molecule has 2 heterocycles. The molecule has 0 aliphatic carbocycles. The number of ether oxygens (including phenoxy) is 1.